The van der Waals surface area contributed by atoms with Crippen molar-refractivity contribution in [2.75, 3.05) is 34.4 Å². The Kier molecular flexibility index (Phi) is 5.08. The summed E-state index contributed by atoms with van der Waals surface area (Å²) >= 11 is 0. The molecule has 1 unspecified atom stereocenters. The average molecular weight is 288 g/mol. The van der Waals surface area contributed by atoms with E-state index in [2.05, 4.69) is 25.1 Å². The number of nitrogens with zero attached hydrogens (tertiary/aromatic N) is 2. The van der Waals surface area contributed by atoms with Crippen molar-refractivity contribution < 1.29 is 9.47 Å². The van der Waals surface area contributed by atoms with Crippen LogP contribution in [0, 0.1) is 11.3 Å². The van der Waals surface area contributed by atoms with Gasteiger partial charge in [0.25, 0.3) is 0 Å². The van der Waals surface area contributed by atoms with Crippen molar-refractivity contribution in [2.24, 2.45) is 0 Å². The van der Waals surface area contributed by atoms with Crippen LogP contribution in [0.4, 0.5) is 0 Å². The third-order valence-corrected chi connectivity index (χ3v) is 4.13. The van der Waals surface area contributed by atoms with Gasteiger partial charge in [0.05, 0.1) is 25.2 Å². The zero-order valence-electron chi connectivity index (χ0n) is 13.2. The van der Waals surface area contributed by atoms with E-state index in [9.17, 15) is 5.26 Å². The molecule has 1 aliphatic heterocycles. The van der Waals surface area contributed by atoms with Gasteiger partial charge in [-0.2, -0.15) is 5.26 Å². The molecule has 0 saturated carbocycles. The van der Waals surface area contributed by atoms with E-state index in [4.69, 9.17) is 9.47 Å². The van der Waals surface area contributed by atoms with Gasteiger partial charge >= 0.3 is 0 Å². The standard InChI is InChI=1S/C17H24N2O2/c1-19(2)10-4-8-17(13-18)9-5-11-21-16-12-14(20-3)6-7-15(16)17/h6-7,12H,4-5,8-11H2,1-3H3. The highest BCUT2D eigenvalue weighted by atomic mass is 16.5. The number of benzene rings is 1. The van der Waals surface area contributed by atoms with Crippen LogP contribution in [0.15, 0.2) is 18.2 Å². The first-order valence-electron chi connectivity index (χ1n) is 7.48. The first-order chi connectivity index (χ1) is 10.1. The van der Waals surface area contributed by atoms with Gasteiger partial charge in [-0.05, 0) is 52.4 Å². The molecule has 1 atom stereocenters. The molecule has 114 valence electrons. The van der Waals surface area contributed by atoms with Crippen LogP contribution in [-0.2, 0) is 5.41 Å². The van der Waals surface area contributed by atoms with Crippen molar-refractivity contribution in [1.29, 1.82) is 5.26 Å². The Bertz CT molecular complexity index is 522. The van der Waals surface area contributed by atoms with Crippen molar-refractivity contribution in [3.8, 4) is 17.6 Å². The molecule has 0 amide bonds. The average Bonchev–Trinajstić information content (AvgIpc) is 2.66. The van der Waals surface area contributed by atoms with E-state index < -0.39 is 5.41 Å². The van der Waals surface area contributed by atoms with E-state index in [0.29, 0.717) is 6.61 Å². The summed E-state index contributed by atoms with van der Waals surface area (Å²) in [6.45, 7) is 1.66. The van der Waals surface area contributed by atoms with Crippen LogP contribution in [0.1, 0.15) is 31.2 Å². The van der Waals surface area contributed by atoms with Gasteiger partial charge in [-0.15, -0.1) is 0 Å². The number of nitriles is 1. The molecule has 4 nitrogen and oxygen atoms in total. The molecule has 4 heteroatoms. The molecule has 1 aromatic carbocycles. The summed E-state index contributed by atoms with van der Waals surface area (Å²) < 4.78 is 11.1. The van der Waals surface area contributed by atoms with Gasteiger partial charge in [0.15, 0.2) is 0 Å². The van der Waals surface area contributed by atoms with Crippen LogP contribution in [0.25, 0.3) is 0 Å². The lowest BCUT2D eigenvalue weighted by Gasteiger charge is -2.27. The molecule has 0 fully saturated rings. The maximum Gasteiger partial charge on any atom is 0.127 e. The van der Waals surface area contributed by atoms with Crippen LogP contribution < -0.4 is 9.47 Å². The fourth-order valence-corrected chi connectivity index (χ4v) is 2.96. The van der Waals surface area contributed by atoms with Crippen molar-refractivity contribution in [1.82, 2.24) is 4.90 Å². The molecule has 1 heterocycles. The number of ether oxygens (including phenoxy) is 2. The number of hydrogen-bond donors (Lipinski definition) is 0. The lowest BCUT2D eigenvalue weighted by atomic mass is 9.74. The van der Waals surface area contributed by atoms with E-state index in [-0.39, 0.29) is 0 Å². The van der Waals surface area contributed by atoms with Crippen LogP contribution in [0.2, 0.25) is 0 Å². The molecule has 1 aromatic rings. The van der Waals surface area contributed by atoms with E-state index in [1.54, 1.807) is 7.11 Å². The Hall–Kier alpha value is -1.73. The predicted octanol–water partition coefficient (Wildman–Crippen LogP) is 2.97. The van der Waals surface area contributed by atoms with Gasteiger partial charge in [-0.25, -0.2) is 0 Å². The first-order valence-corrected chi connectivity index (χ1v) is 7.48. The lowest BCUT2D eigenvalue weighted by Crippen LogP contribution is -2.25. The van der Waals surface area contributed by atoms with Crippen LogP contribution in [-0.4, -0.2) is 39.3 Å². The first kappa shape index (κ1) is 15.7. The fourth-order valence-electron chi connectivity index (χ4n) is 2.96. The summed E-state index contributed by atoms with van der Waals surface area (Å²) in [4.78, 5) is 2.16. The van der Waals surface area contributed by atoms with Gasteiger partial charge in [0, 0.05) is 11.6 Å². The quantitative estimate of drug-likeness (QED) is 0.835. The predicted molar refractivity (Wildman–Crippen MR) is 82.8 cm³/mol. The smallest absolute Gasteiger partial charge is 0.127 e. The second kappa shape index (κ2) is 6.82. The molecule has 21 heavy (non-hydrogen) atoms. The Morgan fingerprint density at radius 3 is 2.90 bits per heavy atom. The molecule has 0 saturated heterocycles. The van der Waals surface area contributed by atoms with E-state index in [1.165, 1.54) is 0 Å². The number of hydrogen-bond acceptors (Lipinski definition) is 4. The Balaban J connectivity index is 2.31. The molecule has 0 aliphatic carbocycles. The Labute approximate surface area is 127 Å². The van der Waals surface area contributed by atoms with Crippen LogP contribution in [0.3, 0.4) is 0 Å². The van der Waals surface area contributed by atoms with E-state index in [0.717, 1.165) is 49.3 Å². The van der Waals surface area contributed by atoms with E-state index >= 15 is 0 Å². The Morgan fingerprint density at radius 2 is 2.24 bits per heavy atom. The largest absolute Gasteiger partial charge is 0.497 e. The number of fused-ring (bicyclic) bond motifs is 1. The van der Waals surface area contributed by atoms with Crippen molar-refractivity contribution in [3.63, 3.8) is 0 Å². The van der Waals surface area contributed by atoms with Gasteiger partial charge in [-0.1, -0.05) is 6.07 Å². The van der Waals surface area contributed by atoms with Crippen molar-refractivity contribution >= 4 is 0 Å². The van der Waals surface area contributed by atoms with E-state index in [1.807, 2.05) is 18.2 Å². The summed E-state index contributed by atoms with van der Waals surface area (Å²) in [7, 11) is 5.77. The SMILES string of the molecule is COc1ccc2c(c1)OCCCC2(C#N)CCCN(C)C. The van der Waals surface area contributed by atoms with Gasteiger partial charge < -0.3 is 14.4 Å². The molecule has 0 radical (unpaired) electrons. The summed E-state index contributed by atoms with van der Waals surface area (Å²) in [6, 6.07) is 8.41. The molecule has 1 aliphatic rings. The summed E-state index contributed by atoms with van der Waals surface area (Å²) in [6.07, 6.45) is 3.64. The minimum absolute atomic E-state index is 0.436. The van der Waals surface area contributed by atoms with Crippen LogP contribution in [0.5, 0.6) is 11.5 Å². The fraction of sp³-hybridized carbons (Fsp3) is 0.588. The zero-order chi connectivity index (χ0) is 15.3. The third-order valence-electron chi connectivity index (χ3n) is 4.13. The molecular weight excluding hydrogens is 264 g/mol. The Morgan fingerprint density at radius 1 is 1.43 bits per heavy atom. The lowest BCUT2D eigenvalue weighted by molar-refractivity contribution is 0.310. The minimum atomic E-state index is -0.436. The highest BCUT2D eigenvalue weighted by molar-refractivity contribution is 5.48. The summed E-state index contributed by atoms with van der Waals surface area (Å²) in [5, 5.41) is 9.85. The summed E-state index contributed by atoms with van der Waals surface area (Å²) in [5.74, 6) is 1.58. The second-order valence-electron chi connectivity index (χ2n) is 5.91. The number of rotatable bonds is 5. The topological polar surface area (TPSA) is 45.5 Å². The highest BCUT2D eigenvalue weighted by Gasteiger charge is 2.36. The van der Waals surface area contributed by atoms with Gasteiger partial charge in [0.1, 0.15) is 11.5 Å². The highest BCUT2D eigenvalue weighted by Crippen LogP contribution is 2.42. The second-order valence-corrected chi connectivity index (χ2v) is 5.91. The van der Waals surface area contributed by atoms with Crippen molar-refractivity contribution in [3.05, 3.63) is 23.8 Å². The van der Waals surface area contributed by atoms with Gasteiger partial charge in [-0.3, -0.25) is 0 Å². The summed E-state index contributed by atoms with van der Waals surface area (Å²) in [5.41, 5.74) is 0.579. The molecule has 2 rings (SSSR count). The number of methoxy groups -OCH3 is 1. The van der Waals surface area contributed by atoms with Gasteiger partial charge in [0.2, 0.25) is 0 Å². The maximum absolute atomic E-state index is 9.85. The molecule has 0 aromatic heterocycles. The maximum atomic E-state index is 9.85. The molecule has 0 N–H and O–H groups in total. The van der Waals surface area contributed by atoms with Crippen LogP contribution >= 0.6 is 0 Å². The minimum Gasteiger partial charge on any atom is -0.497 e. The molecule has 0 spiro atoms. The zero-order valence-corrected chi connectivity index (χ0v) is 13.2. The monoisotopic (exact) mass is 288 g/mol. The third kappa shape index (κ3) is 3.48. The molecule has 0 bridgehead atoms. The normalized spacial score (nSPS) is 21.1. The van der Waals surface area contributed by atoms with Crippen molar-refractivity contribution in [2.45, 2.75) is 31.1 Å². The molecular formula is C17H24N2O2.